The van der Waals surface area contributed by atoms with Gasteiger partial charge in [0, 0.05) is 19.3 Å². The lowest BCUT2D eigenvalue weighted by Crippen LogP contribution is -2.30. The number of carbonyl (C=O) groups is 3. The Morgan fingerprint density at radius 1 is 0.250 bits per heavy atom. The summed E-state index contributed by atoms with van der Waals surface area (Å²) in [6.07, 6.45) is 87.1. The Labute approximate surface area is 498 Å². The fraction of sp³-hybridized carbons (Fsp3) is 0.851. The Hall–Kier alpha value is -2.63. The second-order valence-corrected chi connectivity index (χ2v) is 24.1. The van der Waals surface area contributed by atoms with Gasteiger partial charge in [0.05, 0.1) is 0 Å². The van der Waals surface area contributed by atoms with Crippen LogP contribution in [0.3, 0.4) is 0 Å². The van der Waals surface area contributed by atoms with Gasteiger partial charge in [-0.25, -0.2) is 0 Å². The molecular formula is C74H136O6. The van der Waals surface area contributed by atoms with Gasteiger partial charge in [-0.05, 0) is 83.5 Å². The summed E-state index contributed by atoms with van der Waals surface area (Å²) in [4.78, 5) is 38.4. The quantitative estimate of drug-likeness (QED) is 0.0261. The number of allylic oxidation sites excluding steroid dienone is 8. The average molecular weight is 1120 g/mol. The van der Waals surface area contributed by atoms with E-state index < -0.39 is 6.10 Å². The van der Waals surface area contributed by atoms with Crippen LogP contribution in [0, 0.1) is 0 Å². The highest BCUT2D eigenvalue weighted by atomic mass is 16.6. The molecule has 1 atom stereocenters. The molecular weight excluding hydrogens is 985 g/mol. The minimum atomic E-state index is -0.773. The second kappa shape index (κ2) is 68.9. The van der Waals surface area contributed by atoms with Gasteiger partial charge in [0.2, 0.25) is 0 Å². The fourth-order valence-electron chi connectivity index (χ4n) is 10.7. The molecule has 0 heterocycles. The molecule has 0 radical (unpaired) electrons. The lowest BCUT2D eigenvalue weighted by Gasteiger charge is -2.18. The molecule has 0 rings (SSSR count). The zero-order valence-electron chi connectivity index (χ0n) is 53.9. The number of ether oxygens (including phenoxy) is 3. The smallest absolute Gasteiger partial charge is 0.306 e. The first-order valence-corrected chi connectivity index (χ1v) is 35.6. The van der Waals surface area contributed by atoms with Gasteiger partial charge < -0.3 is 14.2 Å². The molecule has 0 aromatic carbocycles. The molecule has 0 aromatic heterocycles. The summed E-state index contributed by atoms with van der Waals surface area (Å²) in [5, 5.41) is 0. The number of carbonyl (C=O) groups excluding carboxylic acids is 3. The summed E-state index contributed by atoms with van der Waals surface area (Å²) in [6, 6.07) is 0. The van der Waals surface area contributed by atoms with E-state index in [1.54, 1.807) is 0 Å². The molecule has 0 saturated heterocycles. The molecule has 6 nitrogen and oxygen atoms in total. The number of esters is 3. The van der Waals surface area contributed by atoms with Crippen molar-refractivity contribution in [3.63, 3.8) is 0 Å². The van der Waals surface area contributed by atoms with Crippen molar-refractivity contribution in [3.8, 4) is 0 Å². The molecule has 0 aliphatic carbocycles. The van der Waals surface area contributed by atoms with Crippen LogP contribution in [-0.4, -0.2) is 37.2 Å². The minimum absolute atomic E-state index is 0.0696. The summed E-state index contributed by atoms with van der Waals surface area (Å²) in [5.41, 5.74) is 0. The molecule has 0 aromatic rings. The van der Waals surface area contributed by atoms with Crippen molar-refractivity contribution in [3.05, 3.63) is 48.6 Å². The van der Waals surface area contributed by atoms with Crippen molar-refractivity contribution in [2.75, 3.05) is 13.2 Å². The van der Waals surface area contributed by atoms with Crippen molar-refractivity contribution in [2.24, 2.45) is 0 Å². The Bertz CT molecular complexity index is 1380. The maximum Gasteiger partial charge on any atom is 0.306 e. The molecule has 6 heteroatoms. The Morgan fingerprint density at radius 3 is 0.688 bits per heavy atom. The van der Waals surface area contributed by atoms with Gasteiger partial charge in [-0.3, -0.25) is 14.4 Å². The third kappa shape index (κ3) is 66.2. The number of rotatable bonds is 66. The molecule has 0 N–H and O–H groups in total. The van der Waals surface area contributed by atoms with Crippen LogP contribution in [0.25, 0.3) is 0 Å². The minimum Gasteiger partial charge on any atom is -0.462 e. The van der Waals surface area contributed by atoms with Crippen LogP contribution in [0.2, 0.25) is 0 Å². The number of unbranched alkanes of at least 4 members (excludes halogenated alkanes) is 47. The SMILES string of the molecule is CCCCCCC/C=C\C/C=C\CCCCCCCCCCCCCCCCCCCC(=O)OCC(COC(=O)CCCCCCCCCCCCCC)OC(=O)CCCCCCCCCCC/C=C\C/C=C\CCCCCCC. The van der Waals surface area contributed by atoms with Crippen LogP contribution in [0.1, 0.15) is 387 Å². The lowest BCUT2D eigenvalue weighted by atomic mass is 10.0. The zero-order chi connectivity index (χ0) is 57.8. The molecule has 0 aliphatic rings. The van der Waals surface area contributed by atoms with Gasteiger partial charge in [-0.15, -0.1) is 0 Å². The molecule has 0 bridgehead atoms. The van der Waals surface area contributed by atoms with Gasteiger partial charge in [0.1, 0.15) is 13.2 Å². The fourth-order valence-corrected chi connectivity index (χ4v) is 10.7. The van der Waals surface area contributed by atoms with Crippen LogP contribution in [0.4, 0.5) is 0 Å². The Morgan fingerprint density at radius 2 is 0.450 bits per heavy atom. The van der Waals surface area contributed by atoms with Crippen LogP contribution in [0.15, 0.2) is 48.6 Å². The van der Waals surface area contributed by atoms with Crippen molar-refractivity contribution in [1.29, 1.82) is 0 Å². The topological polar surface area (TPSA) is 78.9 Å². The molecule has 1 unspecified atom stereocenters. The van der Waals surface area contributed by atoms with Crippen molar-refractivity contribution in [1.82, 2.24) is 0 Å². The van der Waals surface area contributed by atoms with Gasteiger partial charge in [-0.2, -0.15) is 0 Å². The third-order valence-electron chi connectivity index (χ3n) is 16.1. The monoisotopic (exact) mass is 1120 g/mol. The third-order valence-corrected chi connectivity index (χ3v) is 16.1. The second-order valence-electron chi connectivity index (χ2n) is 24.1. The van der Waals surface area contributed by atoms with Crippen molar-refractivity contribution < 1.29 is 28.6 Å². The highest BCUT2D eigenvalue weighted by molar-refractivity contribution is 5.71. The normalized spacial score (nSPS) is 12.3. The molecule has 80 heavy (non-hydrogen) atoms. The van der Waals surface area contributed by atoms with Crippen molar-refractivity contribution >= 4 is 17.9 Å². The van der Waals surface area contributed by atoms with Crippen molar-refractivity contribution in [2.45, 2.75) is 393 Å². The van der Waals surface area contributed by atoms with Crippen LogP contribution in [-0.2, 0) is 28.6 Å². The highest BCUT2D eigenvalue weighted by Gasteiger charge is 2.19. The summed E-state index contributed by atoms with van der Waals surface area (Å²) < 4.78 is 17.0. The van der Waals surface area contributed by atoms with Gasteiger partial charge in [-0.1, -0.05) is 333 Å². The molecule has 0 saturated carbocycles. The predicted octanol–water partition coefficient (Wildman–Crippen LogP) is 24.5. The van der Waals surface area contributed by atoms with E-state index in [-0.39, 0.29) is 31.1 Å². The van der Waals surface area contributed by atoms with Crippen LogP contribution in [0.5, 0.6) is 0 Å². The van der Waals surface area contributed by atoms with E-state index >= 15 is 0 Å². The summed E-state index contributed by atoms with van der Waals surface area (Å²) in [6.45, 7) is 6.68. The van der Waals surface area contributed by atoms with Crippen LogP contribution >= 0.6 is 0 Å². The van der Waals surface area contributed by atoms with E-state index in [1.807, 2.05) is 0 Å². The highest BCUT2D eigenvalue weighted by Crippen LogP contribution is 2.18. The summed E-state index contributed by atoms with van der Waals surface area (Å²) in [7, 11) is 0. The largest absolute Gasteiger partial charge is 0.462 e. The summed E-state index contributed by atoms with van der Waals surface area (Å²) >= 11 is 0. The van der Waals surface area contributed by atoms with E-state index in [2.05, 4.69) is 69.4 Å². The Balaban J connectivity index is 4.19. The molecule has 0 amide bonds. The van der Waals surface area contributed by atoms with E-state index in [0.29, 0.717) is 19.3 Å². The van der Waals surface area contributed by atoms with E-state index in [0.717, 1.165) is 70.6 Å². The number of hydrogen-bond donors (Lipinski definition) is 0. The molecule has 0 spiro atoms. The van der Waals surface area contributed by atoms with Crippen LogP contribution < -0.4 is 0 Å². The maximum atomic E-state index is 12.9. The van der Waals surface area contributed by atoms with Gasteiger partial charge in [0.15, 0.2) is 6.10 Å². The summed E-state index contributed by atoms with van der Waals surface area (Å²) in [5.74, 6) is -0.848. The first kappa shape index (κ1) is 77.4. The first-order valence-electron chi connectivity index (χ1n) is 35.6. The van der Waals surface area contributed by atoms with E-state index in [9.17, 15) is 14.4 Å². The predicted molar refractivity (Wildman–Crippen MR) is 349 cm³/mol. The average Bonchev–Trinajstić information content (AvgIpc) is 3.46. The standard InChI is InChI=1S/C74H136O6/c1-4-7-10-13-16-19-22-25-27-29-31-33-34-35-36-37-38-39-40-42-43-45-47-49-52-55-58-61-64-67-73(76)79-70-71(69-78-72(75)66-63-60-57-54-51-24-21-18-15-12-9-6-3)80-74(77)68-65-62-59-56-53-50-48-46-44-41-32-30-28-26-23-20-17-14-11-8-5-2/h22-23,25-26,29-32,71H,4-21,24,27-28,33-70H2,1-3H3/b25-22-,26-23-,31-29-,32-30-. The first-order chi connectivity index (χ1) is 39.5. The van der Waals surface area contributed by atoms with Gasteiger partial charge in [0.25, 0.3) is 0 Å². The zero-order valence-corrected chi connectivity index (χ0v) is 53.9. The number of hydrogen-bond acceptors (Lipinski definition) is 6. The molecule has 0 fully saturated rings. The van der Waals surface area contributed by atoms with Gasteiger partial charge >= 0.3 is 17.9 Å². The lowest BCUT2D eigenvalue weighted by molar-refractivity contribution is -0.167. The molecule has 0 aliphatic heterocycles. The van der Waals surface area contributed by atoms with E-state index in [4.69, 9.17) is 14.2 Å². The molecule has 468 valence electrons. The van der Waals surface area contributed by atoms with E-state index in [1.165, 1.54) is 276 Å². The Kier molecular flexibility index (Phi) is 66.6. The maximum absolute atomic E-state index is 12.9.